The third-order valence-electron chi connectivity index (χ3n) is 9.59. The Kier molecular flexibility index (Phi) is 6.88. The van der Waals surface area contributed by atoms with Gasteiger partial charge in [0.05, 0.1) is 48.1 Å². The Morgan fingerprint density at radius 3 is 2.69 bits per heavy atom. The monoisotopic (exact) mass is 633 g/mol. The van der Waals surface area contributed by atoms with Crippen LogP contribution in [0.5, 0.6) is 11.5 Å². The zero-order chi connectivity index (χ0) is 30.9. The molecule has 4 atom stereocenters. The normalized spacial score (nSPS) is 25.5. The molecule has 0 bridgehead atoms. The van der Waals surface area contributed by atoms with Crippen LogP contribution in [0.4, 0.5) is 10.1 Å². The summed E-state index contributed by atoms with van der Waals surface area (Å²) in [6, 6.07) is 13.1. The van der Waals surface area contributed by atoms with Crippen LogP contribution in [0.1, 0.15) is 48.1 Å². The van der Waals surface area contributed by atoms with Gasteiger partial charge >= 0.3 is 5.97 Å². The first-order valence-electron chi connectivity index (χ1n) is 15.3. The van der Waals surface area contributed by atoms with Gasteiger partial charge in [0.25, 0.3) is 5.79 Å². The number of esters is 1. The van der Waals surface area contributed by atoms with Gasteiger partial charge in [-0.05, 0) is 55.7 Å². The van der Waals surface area contributed by atoms with E-state index in [1.165, 1.54) is 13.2 Å². The molecule has 0 amide bonds. The molecule has 234 valence electrons. The number of hydrogen-bond donors (Lipinski definition) is 0. The molecule has 10 nitrogen and oxygen atoms in total. The molecule has 4 aromatic rings. The molecule has 0 spiro atoms. The maximum atomic E-state index is 15.3. The highest BCUT2D eigenvalue weighted by Gasteiger charge is 2.47. The number of methoxy groups -OCH3 is 1. The number of ether oxygens (including phenoxy) is 4. The average Bonchev–Trinajstić information content (AvgIpc) is 3.53. The molecule has 2 saturated heterocycles. The molecule has 0 radical (unpaired) electrons. The molecule has 8 rings (SSSR count). The van der Waals surface area contributed by atoms with Crippen LogP contribution in [0, 0.1) is 5.82 Å². The van der Waals surface area contributed by atoms with E-state index >= 15 is 4.39 Å². The van der Waals surface area contributed by atoms with Gasteiger partial charge in [-0.2, -0.15) is 0 Å². The number of hydrogen-bond acceptors (Lipinski definition) is 9. The number of pyridine rings is 1. The first kappa shape index (κ1) is 28.5. The molecule has 12 heteroatoms. The Labute approximate surface area is 264 Å². The van der Waals surface area contributed by atoms with Gasteiger partial charge in [-0.1, -0.05) is 17.7 Å². The minimum Gasteiger partial charge on any atom is -0.465 e. The highest BCUT2D eigenvalue weighted by atomic mass is 35.5. The van der Waals surface area contributed by atoms with E-state index in [1.54, 1.807) is 18.3 Å². The SMILES string of the molecule is COC(=O)c1cc(F)c2nc(CN3CCN(c4cccc5c4OC(C)(c4ccc(Cl)cn4)O5)[C@@H]4CC[C@@H]43)n(C[C@@H]3CCO3)c2c1. The molecule has 3 fully saturated rings. The van der Waals surface area contributed by atoms with Gasteiger partial charge in [0.1, 0.15) is 17.0 Å². The van der Waals surface area contributed by atoms with Crippen molar-refractivity contribution in [2.24, 2.45) is 0 Å². The fourth-order valence-corrected chi connectivity index (χ4v) is 7.12. The summed E-state index contributed by atoms with van der Waals surface area (Å²) in [7, 11) is 1.29. The summed E-state index contributed by atoms with van der Waals surface area (Å²) >= 11 is 6.07. The Bertz CT molecular complexity index is 1800. The smallest absolute Gasteiger partial charge is 0.338 e. The van der Waals surface area contributed by atoms with Crippen LogP contribution in [0.25, 0.3) is 11.0 Å². The summed E-state index contributed by atoms with van der Waals surface area (Å²) in [4.78, 5) is 26.4. The highest BCUT2D eigenvalue weighted by Crippen LogP contribution is 2.51. The van der Waals surface area contributed by atoms with Gasteiger partial charge in [-0.15, -0.1) is 0 Å². The molecule has 45 heavy (non-hydrogen) atoms. The molecular weight excluding hydrogens is 601 g/mol. The van der Waals surface area contributed by atoms with Crippen LogP contribution in [0.3, 0.4) is 0 Å². The first-order chi connectivity index (χ1) is 21.8. The van der Waals surface area contributed by atoms with Crippen molar-refractivity contribution in [3.05, 3.63) is 76.6 Å². The molecule has 3 aliphatic heterocycles. The van der Waals surface area contributed by atoms with Gasteiger partial charge in [0.2, 0.25) is 0 Å². The number of nitrogens with zero attached hydrogens (tertiary/aromatic N) is 5. The number of anilines is 1. The van der Waals surface area contributed by atoms with Crippen molar-refractivity contribution in [1.82, 2.24) is 19.4 Å². The molecule has 2 aromatic carbocycles. The lowest BCUT2D eigenvalue weighted by Gasteiger charge is -2.54. The van der Waals surface area contributed by atoms with E-state index in [-0.39, 0.29) is 23.2 Å². The lowest BCUT2D eigenvalue weighted by atomic mass is 9.81. The number of carbonyl (C=O) groups excluding carboxylic acids is 1. The van der Waals surface area contributed by atoms with Crippen molar-refractivity contribution in [1.29, 1.82) is 0 Å². The van der Waals surface area contributed by atoms with Crippen molar-refractivity contribution in [2.45, 2.75) is 63.3 Å². The molecular formula is C33H33ClFN5O5. The quantitative estimate of drug-likeness (QED) is 0.252. The topological polar surface area (TPSA) is 91.2 Å². The fourth-order valence-electron chi connectivity index (χ4n) is 7.01. The number of imidazole rings is 1. The fraction of sp³-hybridized carbons (Fsp3) is 0.424. The van der Waals surface area contributed by atoms with Crippen molar-refractivity contribution in [3.63, 3.8) is 0 Å². The van der Waals surface area contributed by atoms with Gasteiger partial charge < -0.3 is 28.4 Å². The highest BCUT2D eigenvalue weighted by molar-refractivity contribution is 6.30. The summed E-state index contributed by atoms with van der Waals surface area (Å²) in [6.07, 6.45) is 4.66. The number of fused-ring (bicyclic) bond motifs is 3. The van der Waals surface area contributed by atoms with Crippen LogP contribution >= 0.6 is 11.6 Å². The number of benzene rings is 2. The molecule has 1 unspecified atom stereocenters. The number of carbonyl (C=O) groups is 1. The molecule has 2 aromatic heterocycles. The third-order valence-corrected chi connectivity index (χ3v) is 9.82. The van der Waals surface area contributed by atoms with Crippen LogP contribution in [-0.2, 0) is 28.4 Å². The molecule has 1 aliphatic carbocycles. The van der Waals surface area contributed by atoms with E-state index in [0.29, 0.717) is 47.7 Å². The van der Waals surface area contributed by atoms with E-state index in [9.17, 15) is 4.79 Å². The van der Waals surface area contributed by atoms with Crippen LogP contribution < -0.4 is 14.4 Å². The number of piperazine rings is 1. The predicted octanol–water partition coefficient (Wildman–Crippen LogP) is 5.30. The van der Waals surface area contributed by atoms with Gasteiger partial charge in [0, 0.05) is 44.9 Å². The van der Waals surface area contributed by atoms with Crippen molar-refractivity contribution in [3.8, 4) is 11.5 Å². The van der Waals surface area contributed by atoms with Crippen LogP contribution in [-0.4, -0.2) is 70.4 Å². The zero-order valence-corrected chi connectivity index (χ0v) is 25.8. The number of halogens is 2. The average molecular weight is 634 g/mol. The van der Waals surface area contributed by atoms with Crippen molar-refractivity contribution < 1.29 is 28.1 Å². The van der Waals surface area contributed by atoms with E-state index in [1.807, 2.05) is 29.7 Å². The zero-order valence-electron chi connectivity index (χ0n) is 25.0. The summed E-state index contributed by atoms with van der Waals surface area (Å²) < 4.78 is 40.7. The number of aromatic nitrogens is 3. The van der Waals surface area contributed by atoms with Crippen LogP contribution in [0.15, 0.2) is 48.7 Å². The Balaban J connectivity index is 1.06. The molecule has 5 heterocycles. The third kappa shape index (κ3) is 4.79. The van der Waals surface area contributed by atoms with Gasteiger partial charge in [-0.3, -0.25) is 9.88 Å². The Morgan fingerprint density at radius 1 is 1.13 bits per heavy atom. The van der Waals surface area contributed by atoms with Gasteiger partial charge in [0.15, 0.2) is 17.3 Å². The standard InChI is InChI=1S/C33H33ClFN5O5/c1-33(28-9-6-20(34)16-36-28)44-27-5-3-4-25(31(27)45-33)39-12-11-38(23-7-8-24(23)39)18-29-37-30-22(35)14-19(32(41)42-2)15-26(30)40(29)17-21-10-13-43-21/h3-6,9,14-16,21,23-24H,7-8,10-13,17-18H2,1-2H3/t21-,23-,24+,33?/m0/s1. The second-order valence-corrected chi connectivity index (χ2v) is 12.7. The minimum atomic E-state index is -1.06. The summed E-state index contributed by atoms with van der Waals surface area (Å²) in [5.74, 6) is -0.0000620. The van der Waals surface area contributed by atoms with E-state index in [0.717, 1.165) is 49.6 Å². The molecule has 4 aliphatic rings. The van der Waals surface area contributed by atoms with Crippen molar-refractivity contribution >= 4 is 34.3 Å². The molecule has 0 N–H and O–H groups in total. The Morgan fingerprint density at radius 2 is 1.98 bits per heavy atom. The molecule has 1 saturated carbocycles. The second-order valence-electron chi connectivity index (χ2n) is 12.2. The van der Waals surface area contributed by atoms with Crippen LogP contribution in [0.2, 0.25) is 5.02 Å². The summed E-state index contributed by atoms with van der Waals surface area (Å²) in [6.45, 7) is 5.28. The van der Waals surface area contributed by atoms with E-state index in [4.69, 9.17) is 35.5 Å². The van der Waals surface area contributed by atoms with E-state index in [2.05, 4.69) is 20.9 Å². The first-order valence-corrected chi connectivity index (χ1v) is 15.7. The lowest BCUT2D eigenvalue weighted by molar-refractivity contribution is -0.0717. The Hall–Kier alpha value is -3.93. The predicted molar refractivity (Wildman–Crippen MR) is 164 cm³/mol. The lowest BCUT2D eigenvalue weighted by Crippen LogP contribution is -2.64. The van der Waals surface area contributed by atoms with Crippen molar-refractivity contribution in [2.75, 3.05) is 31.7 Å². The summed E-state index contributed by atoms with van der Waals surface area (Å²) in [5.41, 5.74) is 2.66. The number of rotatable bonds is 7. The number of para-hydroxylation sites is 1. The van der Waals surface area contributed by atoms with E-state index < -0.39 is 17.6 Å². The second kappa shape index (κ2) is 10.9. The maximum absolute atomic E-state index is 15.3. The van der Waals surface area contributed by atoms with Gasteiger partial charge in [-0.25, -0.2) is 14.2 Å². The maximum Gasteiger partial charge on any atom is 0.338 e. The summed E-state index contributed by atoms with van der Waals surface area (Å²) in [5, 5.41) is 0.551. The largest absolute Gasteiger partial charge is 0.465 e. The minimum absolute atomic E-state index is 0.0374.